The van der Waals surface area contributed by atoms with Crippen LogP contribution in [0.15, 0.2) is 42.5 Å². The Kier molecular flexibility index (Phi) is 5.77. The fraction of sp³-hybridized carbons (Fsp3) is 0.417. The standard InChI is InChI=1S/C24H29N3O3/c1-4-30-20-9-7-19(8-10-20)27-23(28)16-22(24(27)29)26-13-11-25(12-14-26)21-15-17(2)5-6-18(21)3/h5-10,15,22H,4,11-14,16H2,1-3H3/t22-/m0/s1. The lowest BCUT2D eigenvalue weighted by Crippen LogP contribution is -2.52. The van der Waals surface area contributed by atoms with E-state index < -0.39 is 0 Å². The molecule has 0 N–H and O–H groups in total. The van der Waals surface area contributed by atoms with Crippen LogP contribution in [0, 0.1) is 13.8 Å². The summed E-state index contributed by atoms with van der Waals surface area (Å²) in [5.41, 5.74) is 4.40. The van der Waals surface area contributed by atoms with E-state index in [0.717, 1.165) is 31.9 Å². The Labute approximate surface area is 178 Å². The first kappa shape index (κ1) is 20.4. The lowest BCUT2D eigenvalue weighted by atomic mass is 10.1. The van der Waals surface area contributed by atoms with Crippen molar-refractivity contribution in [3.05, 3.63) is 53.6 Å². The largest absolute Gasteiger partial charge is 0.494 e. The molecular weight excluding hydrogens is 378 g/mol. The number of imide groups is 1. The van der Waals surface area contributed by atoms with Gasteiger partial charge in [-0.3, -0.25) is 14.5 Å². The topological polar surface area (TPSA) is 53.1 Å². The van der Waals surface area contributed by atoms with Gasteiger partial charge in [-0.25, -0.2) is 4.90 Å². The second-order valence-electron chi connectivity index (χ2n) is 8.03. The highest BCUT2D eigenvalue weighted by Gasteiger charge is 2.43. The molecule has 2 amide bonds. The minimum absolute atomic E-state index is 0.121. The molecule has 0 aromatic heterocycles. The molecule has 2 aromatic rings. The first-order valence-corrected chi connectivity index (χ1v) is 10.6. The molecule has 4 rings (SSSR count). The number of hydrogen-bond donors (Lipinski definition) is 0. The zero-order valence-corrected chi connectivity index (χ0v) is 17.9. The zero-order valence-electron chi connectivity index (χ0n) is 17.9. The van der Waals surface area contributed by atoms with Crippen molar-refractivity contribution in [1.82, 2.24) is 4.90 Å². The molecule has 1 atom stereocenters. The van der Waals surface area contributed by atoms with Crippen molar-refractivity contribution in [3.63, 3.8) is 0 Å². The SMILES string of the molecule is CCOc1ccc(N2C(=O)C[C@H](N3CCN(c4cc(C)ccc4C)CC3)C2=O)cc1. The zero-order chi connectivity index (χ0) is 21.3. The number of aryl methyl sites for hydroxylation is 2. The van der Waals surface area contributed by atoms with Gasteiger partial charge in [-0.05, 0) is 62.2 Å². The summed E-state index contributed by atoms with van der Waals surface area (Å²) in [5.74, 6) is 0.481. The van der Waals surface area contributed by atoms with E-state index in [2.05, 4.69) is 41.8 Å². The van der Waals surface area contributed by atoms with E-state index in [-0.39, 0.29) is 24.3 Å². The van der Waals surface area contributed by atoms with Gasteiger partial charge in [-0.15, -0.1) is 0 Å². The lowest BCUT2D eigenvalue weighted by molar-refractivity contribution is -0.123. The third-order valence-corrected chi connectivity index (χ3v) is 5.99. The van der Waals surface area contributed by atoms with Gasteiger partial charge in [0.05, 0.1) is 24.8 Å². The Bertz CT molecular complexity index is 933. The highest BCUT2D eigenvalue weighted by Crippen LogP contribution is 2.29. The molecule has 30 heavy (non-hydrogen) atoms. The molecular formula is C24H29N3O3. The van der Waals surface area contributed by atoms with E-state index in [4.69, 9.17) is 4.74 Å². The van der Waals surface area contributed by atoms with E-state index in [1.54, 1.807) is 24.3 Å². The minimum atomic E-state index is -0.371. The molecule has 2 fully saturated rings. The molecule has 2 saturated heterocycles. The highest BCUT2D eigenvalue weighted by atomic mass is 16.5. The molecule has 0 radical (unpaired) electrons. The predicted molar refractivity (Wildman–Crippen MR) is 118 cm³/mol. The van der Waals surface area contributed by atoms with E-state index in [9.17, 15) is 9.59 Å². The number of benzene rings is 2. The van der Waals surface area contributed by atoms with Crippen LogP contribution >= 0.6 is 0 Å². The Morgan fingerprint density at radius 3 is 2.33 bits per heavy atom. The van der Waals surface area contributed by atoms with Crippen molar-refractivity contribution >= 4 is 23.2 Å². The molecule has 0 unspecified atom stereocenters. The van der Waals surface area contributed by atoms with Crippen molar-refractivity contribution in [2.45, 2.75) is 33.2 Å². The van der Waals surface area contributed by atoms with Gasteiger partial charge >= 0.3 is 0 Å². The van der Waals surface area contributed by atoms with Gasteiger partial charge in [-0.1, -0.05) is 12.1 Å². The van der Waals surface area contributed by atoms with Gasteiger partial charge in [0.25, 0.3) is 5.91 Å². The van der Waals surface area contributed by atoms with Crippen molar-refractivity contribution in [3.8, 4) is 5.75 Å². The third-order valence-electron chi connectivity index (χ3n) is 5.99. The number of amides is 2. The van der Waals surface area contributed by atoms with Crippen LogP contribution in [-0.2, 0) is 9.59 Å². The molecule has 0 spiro atoms. The van der Waals surface area contributed by atoms with Crippen LogP contribution in [0.25, 0.3) is 0 Å². The van der Waals surface area contributed by atoms with E-state index in [1.807, 2.05) is 6.92 Å². The highest BCUT2D eigenvalue weighted by molar-refractivity contribution is 6.22. The smallest absolute Gasteiger partial charge is 0.251 e. The molecule has 2 aliphatic heterocycles. The summed E-state index contributed by atoms with van der Waals surface area (Å²) in [6, 6.07) is 13.3. The van der Waals surface area contributed by atoms with Gasteiger partial charge in [0.2, 0.25) is 5.91 Å². The molecule has 158 valence electrons. The summed E-state index contributed by atoms with van der Waals surface area (Å²) in [6.07, 6.45) is 0.246. The summed E-state index contributed by atoms with van der Waals surface area (Å²) in [6.45, 7) is 9.99. The molecule has 2 heterocycles. The molecule has 0 aliphatic carbocycles. The van der Waals surface area contributed by atoms with Gasteiger partial charge < -0.3 is 9.64 Å². The predicted octanol–water partition coefficient (Wildman–Crippen LogP) is 3.16. The Balaban J connectivity index is 1.43. The third kappa shape index (κ3) is 3.92. The van der Waals surface area contributed by atoms with E-state index >= 15 is 0 Å². The number of rotatable bonds is 5. The second kappa shape index (κ2) is 8.48. The summed E-state index contributed by atoms with van der Waals surface area (Å²) >= 11 is 0. The number of anilines is 2. The van der Waals surface area contributed by atoms with Gasteiger partial charge in [-0.2, -0.15) is 0 Å². The molecule has 0 bridgehead atoms. The van der Waals surface area contributed by atoms with Crippen LogP contribution in [0.3, 0.4) is 0 Å². The maximum atomic E-state index is 13.1. The van der Waals surface area contributed by atoms with Crippen LogP contribution in [-0.4, -0.2) is 55.5 Å². The van der Waals surface area contributed by atoms with E-state index in [1.165, 1.54) is 21.7 Å². The number of nitrogens with zero attached hydrogens (tertiary/aromatic N) is 3. The Morgan fingerprint density at radius 1 is 0.967 bits per heavy atom. The molecule has 0 saturated carbocycles. The number of carbonyl (C=O) groups excluding carboxylic acids is 2. The summed E-state index contributed by atoms with van der Waals surface area (Å²) < 4.78 is 5.45. The normalized spacial score (nSPS) is 20.2. The number of ether oxygens (including phenoxy) is 1. The van der Waals surface area contributed by atoms with Crippen LogP contribution in [0.1, 0.15) is 24.5 Å². The van der Waals surface area contributed by atoms with Gasteiger partial charge in [0.1, 0.15) is 5.75 Å². The van der Waals surface area contributed by atoms with Crippen molar-refractivity contribution in [2.24, 2.45) is 0 Å². The molecule has 6 heteroatoms. The quantitative estimate of drug-likeness (QED) is 0.713. The van der Waals surface area contributed by atoms with Crippen LogP contribution in [0.4, 0.5) is 11.4 Å². The molecule has 2 aromatic carbocycles. The molecule has 2 aliphatic rings. The van der Waals surface area contributed by atoms with E-state index in [0.29, 0.717) is 12.3 Å². The number of piperazine rings is 1. The maximum Gasteiger partial charge on any atom is 0.251 e. The van der Waals surface area contributed by atoms with Crippen LogP contribution in [0.2, 0.25) is 0 Å². The lowest BCUT2D eigenvalue weighted by Gasteiger charge is -2.38. The second-order valence-corrected chi connectivity index (χ2v) is 8.03. The molecule has 6 nitrogen and oxygen atoms in total. The van der Waals surface area contributed by atoms with Crippen molar-refractivity contribution in [2.75, 3.05) is 42.6 Å². The number of carbonyl (C=O) groups is 2. The average Bonchev–Trinajstić information content (AvgIpc) is 3.05. The summed E-state index contributed by atoms with van der Waals surface area (Å²) in [5, 5.41) is 0. The average molecular weight is 408 g/mol. The fourth-order valence-corrected chi connectivity index (χ4v) is 4.37. The fourth-order valence-electron chi connectivity index (χ4n) is 4.37. The number of hydrogen-bond acceptors (Lipinski definition) is 5. The van der Waals surface area contributed by atoms with Crippen molar-refractivity contribution in [1.29, 1.82) is 0 Å². The van der Waals surface area contributed by atoms with Crippen LogP contribution < -0.4 is 14.5 Å². The van der Waals surface area contributed by atoms with Gasteiger partial charge in [0.15, 0.2) is 0 Å². The maximum absolute atomic E-state index is 13.1. The summed E-state index contributed by atoms with van der Waals surface area (Å²) in [7, 11) is 0. The van der Waals surface area contributed by atoms with Gasteiger partial charge in [0, 0.05) is 31.9 Å². The Hall–Kier alpha value is -2.86. The Morgan fingerprint density at radius 2 is 1.67 bits per heavy atom. The monoisotopic (exact) mass is 407 g/mol. The van der Waals surface area contributed by atoms with Crippen LogP contribution in [0.5, 0.6) is 5.75 Å². The van der Waals surface area contributed by atoms with Crippen molar-refractivity contribution < 1.29 is 14.3 Å². The minimum Gasteiger partial charge on any atom is -0.494 e. The summed E-state index contributed by atoms with van der Waals surface area (Å²) in [4.78, 5) is 31.6. The first-order chi connectivity index (χ1) is 14.5. The first-order valence-electron chi connectivity index (χ1n) is 10.6.